The fourth-order valence-electron chi connectivity index (χ4n) is 2.71. The van der Waals surface area contributed by atoms with E-state index in [9.17, 15) is 13.6 Å². The second kappa shape index (κ2) is 8.32. The molecule has 0 unspecified atom stereocenters. The zero-order valence-electron chi connectivity index (χ0n) is 14.3. The first kappa shape index (κ1) is 19.6. The molecule has 148 valence electrons. The van der Waals surface area contributed by atoms with Gasteiger partial charge in [-0.3, -0.25) is 9.89 Å². The molecule has 0 atom stereocenters. The first-order chi connectivity index (χ1) is 14.1. The Labute approximate surface area is 178 Å². The van der Waals surface area contributed by atoms with Crippen molar-refractivity contribution in [2.75, 3.05) is 5.32 Å². The Kier molecular flexibility index (Phi) is 5.62. The van der Waals surface area contributed by atoms with E-state index in [-0.39, 0.29) is 11.3 Å². The summed E-state index contributed by atoms with van der Waals surface area (Å²) < 4.78 is 31.8. The van der Waals surface area contributed by atoms with Gasteiger partial charge in [0.25, 0.3) is 5.91 Å². The van der Waals surface area contributed by atoms with Crippen LogP contribution in [-0.4, -0.2) is 37.3 Å². The van der Waals surface area contributed by atoms with Gasteiger partial charge in [0.15, 0.2) is 5.65 Å². The van der Waals surface area contributed by atoms with Crippen molar-refractivity contribution in [2.45, 2.75) is 11.5 Å². The monoisotopic (exact) mass is 528 g/mol. The lowest BCUT2D eigenvalue weighted by atomic mass is 10.1. The topological polar surface area (TPSA) is 97.2 Å². The Morgan fingerprint density at radius 2 is 2.21 bits per heavy atom. The molecule has 0 aliphatic heterocycles. The second-order valence-corrected chi connectivity index (χ2v) is 7.62. The number of alkyl halides is 2. The van der Waals surface area contributed by atoms with Gasteiger partial charge in [0, 0.05) is 44.1 Å². The van der Waals surface area contributed by atoms with Crippen LogP contribution in [0.25, 0.3) is 16.9 Å². The molecule has 8 nitrogen and oxygen atoms in total. The minimum absolute atomic E-state index is 0.0356. The summed E-state index contributed by atoms with van der Waals surface area (Å²) in [7, 11) is 1.41. The van der Waals surface area contributed by atoms with Crippen LogP contribution in [0.15, 0.2) is 53.9 Å². The molecule has 0 bridgehead atoms. The largest absolute Gasteiger partial charge is 0.434 e. The SMILES string of the molecule is O=C(Nc1cn[nH]c1-c1cc(SI)ccc1OC(F)F)c1cnn2cccnc12. The van der Waals surface area contributed by atoms with E-state index in [1.165, 1.54) is 31.9 Å². The number of H-pyrrole nitrogens is 1. The molecule has 12 heteroatoms. The van der Waals surface area contributed by atoms with E-state index in [4.69, 9.17) is 0 Å². The number of nitrogens with zero attached hydrogens (tertiary/aromatic N) is 4. The van der Waals surface area contributed by atoms with Gasteiger partial charge in [0.1, 0.15) is 11.3 Å². The van der Waals surface area contributed by atoms with Crippen molar-refractivity contribution in [1.82, 2.24) is 24.8 Å². The van der Waals surface area contributed by atoms with Crippen molar-refractivity contribution in [3.05, 3.63) is 54.6 Å². The van der Waals surface area contributed by atoms with Gasteiger partial charge in [-0.25, -0.2) is 9.50 Å². The number of amides is 1. The third-order valence-electron chi connectivity index (χ3n) is 3.94. The fourth-order valence-corrected chi connectivity index (χ4v) is 3.82. The molecule has 3 heterocycles. The number of anilines is 1. The maximum absolute atomic E-state index is 12.8. The Morgan fingerprint density at radius 3 is 3.00 bits per heavy atom. The van der Waals surface area contributed by atoms with Gasteiger partial charge in [0.2, 0.25) is 0 Å². The Bertz CT molecular complexity index is 1180. The molecule has 0 aliphatic rings. The van der Waals surface area contributed by atoms with Crippen LogP contribution < -0.4 is 10.1 Å². The van der Waals surface area contributed by atoms with Crippen molar-refractivity contribution < 1.29 is 18.3 Å². The lowest BCUT2D eigenvalue weighted by molar-refractivity contribution is -0.0494. The molecule has 29 heavy (non-hydrogen) atoms. The van der Waals surface area contributed by atoms with E-state index in [2.05, 4.69) is 51.5 Å². The third-order valence-corrected chi connectivity index (χ3v) is 5.89. The minimum atomic E-state index is -2.99. The van der Waals surface area contributed by atoms with Gasteiger partial charge in [-0.1, -0.05) is 8.93 Å². The molecule has 1 aromatic carbocycles. The van der Waals surface area contributed by atoms with Crippen LogP contribution in [0.2, 0.25) is 0 Å². The van der Waals surface area contributed by atoms with Crippen LogP contribution in [0.1, 0.15) is 10.4 Å². The third kappa shape index (κ3) is 4.03. The van der Waals surface area contributed by atoms with Gasteiger partial charge in [-0.2, -0.15) is 19.0 Å². The Morgan fingerprint density at radius 1 is 1.34 bits per heavy atom. The number of halogens is 3. The molecule has 4 rings (SSSR count). The maximum Gasteiger partial charge on any atom is 0.387 e. The lowest BCUT2D eigenvalue weighted by Crippen LogP contribution is -2.12. The first-order valence-corrected chi connectivity index (χ1v) is 11.4. The predicted molar refractivity (Wildman–Crippen MR) is 111 cm³/mol. The standard InChI is InChI=1S/C17H11F2IN6O2S/c18-17(19)28-13-3-2-9(29-20)6-10(13)14-12(8-22-25-14)24-16(27)11-7-23-26-5-1-4-21-15(11)26/h1-8,17H,(H,22,25)(H,24,27). The molecule has 0 fully saturated rings. The van der Waals surface area contributed by atoms with E-state index in [0.29, 0.717) is 22.6 Å². The van der Waals surface area contributed by atoms with E-state index in [1.807, 2.05) is 0 Å². The number of hydrogen-bond donors (Lipinski definition) is 2. The predicted octanol–water partition coefficient (Wildman–Crippen LogP) is 4.42. The number of rotatable bonds is 6. The summed E-state index contributed by atoms with van der Waals surface area (Å²) in [5, 5.41) is 13.5. The first-order valence-electron chi connectivity index (χ1n) is 8.07. The number of hydrogen-bond acceptors (Lipinski definition) is 6. The summed E-state index contributed by atoms with van der Waals surface area (Å²) in [5.74, 6) is -0.497. The summed E-state index contributed by atoms with van der Waals surface area (Å²) >= 11 is 2.08. The van der Waals surface area contributed by atoms with Gasteiger partial charge < -0.3 is 10.1 Å². The highest BCUT2D eigenvalue weighted by Gasteiger charge is 2.20. The Hall–Kier alpha value is -2.74. The zero-order valence-corrected chi connectivity index (χ0v) is 17.3. The van der Waals surface area contributed by atoms with Gasteiger partial charge in [-0.05, 0) is 24.3 Å². The summed E-state index contributed by atoms with van der Waals surface area (Å²) in [6.45, 7) is -2.99. The average Bonchev–Trinajstić information content (AvgIpc) is 3.34. The van der Waals surface area contributed by atoms with Gasteiger partial charge >= 0.3 is 6.61 Å². The number of aromatic amines is 1. The van der Waals surface area contributed by atoms with Gasteiger partial charge in [0.05, 0.1) is 23.8 Å². The molecule has 0 aliphatic carbocycles. The van der Waals surface area contributed by atoms with E-state index < -0.39 is 12.5 Å². The van der Waals surface area contributed by atoms with E-state index in [1.54, 1.807) is 30.6 Å². The molecule has 0 radical (unpaired) electrons. The molecule has 0 spiro atoms. The van der Waals surface area contributed by atoms with Crippen LogP contribution in [0.5, 0.6) is 5.75 Å². The minimum Gasteiger partial charge on any atom is -0.434 e. The highest BCUT2D eigenvalue weighted by atomic mass is 127. The number of fused-ring (bicyclic) bond motifs is 1. The van der Waals surface area contributed by atoms with Gasteiger partial charge in [-0.15, -0.1) is 0 Å². The number of carbonyl (C=O) groups is 1. The lowest BCUT2D eigenvalue weighted by Gasteiger charge is -2.12. The molecule has 4 aromatic rings. The van der Waals surface area contributed by atoms with Crippen LogP contribution >= 0.6 is 30.1 Å². The number of benzene rings is 1. The number of nitrogens with one attached hydrogen (secondary N) is 2. The Balaban J connectivity index is 1.70. The quantitative estimate of drug-likeness (QED) is 0.360. The molecular weight excluding hydrogens is 517 g/mol. The number of carbonyl (C=O) groups excluding carboxylic acids is 1. The van der Waals surface area contributed by atoms with E-state index in [0.717, 1.165) is 4.90 Å². The zero-order chi connectivity index (χ0) is 20.4. The summed E-state index contributed by atoms with van der Waals surface area (Å²) in [5.41, 5.74) is 1.64. The van der Waals surface area contributed by atoms with Crippen LogP contribution in [-0.2, 0) is 0 Å². The summed E-state index contributed by atoms with van der Waals surface area (Å²) in [4.78, 5) is 17.7. The maximum atomic E-state index is 12.8. The molecule has 3 aromatic heterocycles. The highest BCUT2D eigenvalue weighted by Crippen LogP contribution is 2.38. The molecule has 0 saturated carbocycles. The van der Waals surface area contributed by atoms with E-state index >= 15 is 0 Å². The smallest absolute Gasteiger partial charge is 0.387 e. The average molecular weight is 528 g/mol. The molecular formula is C17H11F2IN6O2S. The second-order valence-electron chi connectivity index (χ2n) is 5.67. The van der Waals surface area contributed by atoms with Crippen LogP contribution in [0.3, 0.4) is 0 Å². The molecule has 2 N–H and O–H groups in total. The number of ether oxygens (including phenoxy) is 1. The molecule has 1 amide bonds. The van der Waals surface area contributed by atoms with Crippen molar-refractivity contribution in [2.24, 2.45) is 0 Å². The van der Waals surface area contributed by atoms with Crippen molar-refractivity contribution in [3.63, 3.8) is 0 Å². The van der Waals surface area contributed by atoms with Crippen molar-refractivity contribution in [1.29, 1.82) is 0 Å². The van der Waals surface area contributed by atoms with Crippen LogP contribution in [0, 0.1) is 0 Å². The summed E-state index contributed by atoms with van der Waals surface area (Å²) in [6, 6.07) is 6.48. The fraction of sp³-hybridized carbons (Fsp3) is 0.0588. The van der Waals surface area contributed by atoms with Crippen molar-refractivity contribution in [3.8, 4) is 17.0 Å². The normalized spacial score (nSPS) is 11.2. The molecule has 0 saturated heterocycles. The highest BCUT2D eigenvalue weighted by molar-refractivity contribution is 14.2. The summed E-state index contributed by atoms with van der Waals surface area (Å²) in [6.07, 6.45) is 6.01. The van der Waals surface area contributed by atoms with Crippen molar-refractivity contribution >= 4 is 47.4 Å². The van der Waals surface area contributed by atoms with Crippen LogP contribution in [0.4, 0.5) is 14.5 Å². The number of aromatic nitrogens is 5.